The van der Waals surface area contributed by atoms with E-state index >= 15 is 0 Å². The first-order valence-corrected chi connectivity index (χ1v) is 7.79. The first-order valence-electron chi connectivity index (χ1n) is 6.67. The molecule has 0 aliphatic rings. The van der Waals surface area contributed by atoms with Crippen LogP contribution in [-0.2, 0) is 0 Å². The first-order chi connectivity index (χ1) is 9.58. The van der Waals surface area contributed by atoms with E-state index in [0.29, 0.717) is 18.0 Å². The molecule has 0 aliphatic heterocycles. The van der Waals surface area contributed by atoms with E-state index in [0.717, 1.165) is 24.6 Å². The quantitative estimate of drug-likeness (QED) is 0.446. The molecule has 0 spiro atoms. The van der Waals surface area contributed by atoms with Gasteiger partial charge in [-0.1, -0.05) is 35.3 Å². The van der Waals surface area contributed by atoms with Crippen LogP contribution in [0.4, 0.5) is 5.69 Å². The molecule has 20 heavy (non-hydrogen) atoms. The van der Waals surface area contributed by atoms with Gasteiger partial charge in [0.1, 0.15) is 0 Å². The number of carbonyl (C=O) groups is 1. The molecular weight excluding hydrogens is 324 g/mol. The Labute approximate surface area is 127 Å². The molecule has 0 radical (unpaired) electrons. The molecule has 1 unspecified atom stereocenters. The minimum absolute atomic E-state index is 0.0665. The molecule has 0 heterocycles. The van der Waals surface area contributed by atoms with Crippen LogP contribution in [0, 0.1) is 16.0 Å². The summed E-state index contributed by atoms with van der Waals surface area (Å²) in [6.45, 7) is 2.71. The van der Waals surface area contributed by atoms with Crippen molar-refractivity contribution in [3.05, 3.63) is 39.9 Å². The number of nitro benzene ring substituents is 1. The van der Waals surface area contributed by atoms with Crippen LogP contribution >= 0.6 is 15.9 Å². The van der Waals surface area contributed by atoms with Gasteiger partial charge in [-0.05, 0) is 24.8 Å². The lowest BCUT2D eigenvalue weighted by Gasteiger charge is -2.15. The van der Waals surface area contributed by atoms with Crippen LogP contribution in [0.1, 0.15) is 36.5 Å². The summed E-state index contributed by atoms with van der Waals surface area (Å²) < 4.78 is 0. The fourth-order valence-corrected chi connectivity index (χ4v) is 2.66. The molecule has 1 amide bonds. The largest absolute Gasteiger partial charge is 0.352 e. The van der Waals surface area contributed by atoms with Crippen LogP contribution in [0.15, 0.2) is 24.3 Å². The van der Waals surface area contributed by atoms with Crippen molar-refractivity contribution in [1.82, 2.24) is 5.32 Å². The maximum absolute atomic E-state index is 12.0. The molecule has 6 heteroatoms. The lowest BCUT2D eigenvalue weighted by atomic mass is 10.0. The number of alkyl halides is 1. The number of nitro groups is 1. The molecule has 0 fully saturated rings. The molecular formula is C14H19BrN2O3. The number of hydrogen-bond acceptors (Lipinski definition) is 3. The van der Waals surface area contributed by atoms with E-state index in [1.807, 2.05) is 0 Å². The predicted octanol–water partition coefficient (Wildman–Crippen LogP) is 3.53. The van der Waals surface area contributed by atoms with Crippen LogP contribution < -0.4 is 5.32 Å². The Morgan fingerprint density at radius 1 is 1.45 bits per heavy atom. The summed E-state index contributed by atoms with van der Waals surface area (Å²) in [4.78, 5) is 22.2. The van der Waals surface area contributed by atoms with E-state index in [1.54, 1.807) is 6.07 Å². The van der Waals surface area contributed by atoms with Crippen molar-refractivity contribution in [3.63, 3.8) is 0 Å². The highest BCUT2D eigenvalue weighted by atomic mass is 79.9. The van der Waals surface area contributed by atoms with Gasteiger partial charge in [-0.15, -0.1) is 0 Å². The molecule has 1 aromatic rings. The Bertz CT molecular complexity index is 459. The maximum Gasteiger partial charge on any atom is 0.270 e. The molecule has 0 aromatic heterocycles. The summed E-state index contributed by atoms with van der Waals surface area (Å²) in [6.07, 6.45) is 3.13. The van der Waals surface area contributed by atoms with Crippen molar-refractivity contribution in [3.8, 4) is 0 Å². The van der Waals surface area contributed by atoms with Crippen LogP contribution in [0.5, 0.6) is 0 Å². The molecule has 1 N–H and O–H groups in total. The summed E-state index contributed by atoms with van der Waals surface area (Å²) in [7, 11) is 0. The number of amides is 1. The number of non-ortho nitro benzene ring substituents is 1. The predicted molar refractivity (Wildman–Crippen MR) is 82.2 cm³/mol. The summed E-state index contributed by atoms with van der Waals surface area (Å²) in [6, 6.07) is 5.78. The van der Waals surface area contributed by atoms with Gasteiger partial charge in [-0.3, -0.25) is 14.9 Å². The topological polar surface area (TPSA) is 72.2 Å². The Morgan fingerprint density at radius 2 is 2.20 bits per heavy atom. The average molecular weight is 343 g/mol. The Hall–Kier alpha value is -1.43. The van der Waals surface area contributed by atoms with E-state index in [-0.39, 0.29) is 11.6 Å². The zero-order chi connectivity index (χ0) is 15.0. The van der Waals surface area contributed by atoms with E-state index in [1.165, 1.54) is 18.2 Å². The van der Waals surface area contributed by atoms with Gasteiger partial charge in [0.2, 0.25) is 0 Å². The fraction of sp³-hybridized carbons (Fsp3) is 0.500. The molecule has 110 valence electrons. The smallest absolute Gasteiger partial charge is 0.270 e. The van der Waals surface area contributed by atoms with Crippen molar-refractivity contribution < 1.29 is 9.72 Å². The normalized spacial score (nSPS) is 11.9. The molecule has 0 bridgehead atoms. The second-order valence-corrected chi connectivity index (χ2v) is 5.44. The van der Waals surface area contributed by atoms with E-state index in [9.17, 15) is 14.9 Å². The number of rotatable bonds is 8. The third-order valence-corrected chi connectivity index (χ3v) is 3.54. The molecule has 1 atom stereocenters. The van der Waals surface area contributed by atoms with Gasteiger partial charge < -0.3 is 5.32 Å². The third-order valence-electron chi connectivity index (χ3n) is 3.08. The molecule has 0 saturated heterocycles. The monoisotopic (exact) mass is 342 g/mol. The van der Waals surface area contributed by atoms with Crippen LogP contribution in [0.3, 0.4) is 0 Å². The van der Waals surface area contributed by atoms with Crippen molar-refractivity contribution in [1.29, 1.82) is 0 Å². The Kier molecular flexibility index (Phi) is 7.22. The van der Waals surface area contributed by atoms with Gasteiger partial charge in [0.05, 0.1) is 4.92 Å². The maximum atomic E-state index is 12.0. The van der Waals surface area contributed by atoms with Gasteiger partial charge in [0, 0.05) is 29.6 Å². The molecule has 0 aliphatic carbocycles. The van der Waals surface area contributed by atoms with E-state index in [4.69, 9.17) is 0 Å². The molecule has 1 rings (SSSR count). The van der Waals surface area contributed by atoms with Crippen molar-refractivity contribution >= 4 is 27.5 Å². The number of nitrogens with zero attached hydrogens (tertiary/aromatic N) is 1. The Morgan fingerprint density at radius 3 is 2.80 bits per heavy atom. The van der Waals surface area contributed by atoms with E-state index in [2.05, 4.69) is 28.2 Å². The molecule has 1 aromatic carbocycles. The summed E-state index contributed by atoms with van der Waals surface area (Å²) in [5.41, 5.74) is 0.261. The van der Waals surface area contributed by atoms with Gasteiger partial charge in [-0.2, -0.15) is 0 Å². The van der Waals surface area contributed by atoms with Crippen molar-refractivity contribution in [2.24, 2.45) is 5.92 Å². The summed E-state index contributed by atoms with van der Waals surface area (Å²) >= 11 is 3.41. The van der Waals surface area contributed by atoms with E-state index < -0.39 is 4.92 Å². The number of benzene rings is 1. The van der Waals surface area contributed by atoms with Gasteiger partial charge in [0.25, 0.3) is 11.6 Å². The zero-order valence-corrected chi connectivity index (χ0v) is 13.1. The van der Waals surface area contributed by atoms with Crippen molar-refractivity contribution in [2.45, 2.75) is 26.2 Å². The minimum Gasteiger partial charge on any atom is -0.352 e. The standard InChI is InChI=1S/C14H19BrN2O3/c1-2-4-11(7-8-15)10-16-14(18)12-5-3-6-13(9-12)17(19)20/h3,5-6,9,11H,2,4,7-8,10H2,1H3,(H,16,18). The van der Waals surface area contributed by atoms with Crippen LogP contribution in [-0.4, -0.2) is 22.7 Å². The highest BCUT2D eigenvalue weighted by molar-refractivity contribution is 9.09. The zero-order valence-electron chi connectivity index (χ0n) is 11.5. The fourth-order valence-electron chi connectivity index (χ4n) is 2.01. The summed E-state index contributed by atoms with van der Waals surface area (Å²) in [5.74, 6) is 0.173. The Balaban J connectivity index is 2.61. The van der Waals surface area contributed by atoms with Gasteiger partial charge in [-0.25, -0.2) is 0 Å². The second kappa shape index (κ2) is 8.68. The molecule has 5 nitrogen and oxygen atoms in total. The lowest BCUT2D eigenvalue weighted by Crippen LogP contribution is -2.29. The van der Waals surface area contributed by atoms with Gasteiger partial charge in [0.15, 0.2) is 0 Å². The minimum atomic E-state index is -0.499. The summed E-state index contributed by atoms with van der Waals surface area (Å²) in [5, 5.41) is 14.4. The highest BCUT2D eigenvalue weighted by Crippen LogP contribution is 2.14. The third kappa shape index (κ3) is 5.28. The number of nitrogens with one attached hydrogen (secondary N) is 1. The highest BCUT2D eigenvalue weighted by Gasteiger charge is 2.13. The van der Waals surface area contributed by atoms with Gasteiger partial charge >= 0.3 is 0 Å². The van der Waals surface area contributed by atoms with Crippen LogP contribution in [0.2, 0.25) is 0 Å². The second-order valence-electron chi connectivity index (χ2n) is 4.65. The number of carbonyl (C=O) groups excluding carboxylic acids is 1. The first kappa shape index (κ1) is 16.6. The molecule has 0 saturated carbocycles. The van der Waals surface area contributed by atoms with Crippen molar-refractivity contribution in [2.75, 3.05) is 11.9 Å². The number of halogens is 1. The lowest BCUT2D eigenvalue weighted by molar-refractivity contribution is -0.384. The van der Waals surface area contributed by atoms with Crippen LogP contribution in [0.25, 0.3) is 0 Å². The average Bonchev–Trinajstić information content (AvgIpc) is 2.45. The SMILES string of the molecule is CCCC(CCBr)CNC(=O)c1cccc([N+](=O)[O-])c1. The number of hydrogen-bond donors (Lipinski definition) is 1.